The van der Waals surface area contributed by atoms with Gasteiger partial charge in [-0.25, -0.2) is 9.97 Å². The van der Waals surface area contributed by atoms with Gasteiger partial charge in [-0.2, -0.15) is 4.98 Å². The number of rotatable bonds is 4. The van der Waals surface area contributed by atoms with Crippen molar-refractivity contribution in [2.45, 2.75) is 13.0 Å². The lowest BCUT2D eigenvalue weighted by molar-refractivity contribution is -0.133. The minimum absolute atomic E-state index is 0.0854. The van der Waals surface area contributed by atoms with Crippen LogP contribution in [0, 0.1) is 18.8 Å². The molecule has 1 aromatic carbocycles. The predicted octanol–water partition coefficient (Wildman–Crippen LogP) is 1.87. The molecular formula is C23H29N7O. The van der Waals surface area contributed by atoms with Gasteiger partial charge in [0.25, 0.3) is 0 Å². The topological polar surface area (TPSA) is 70.4 Å². The van der Waals surface area contributed by atoms with E-state index in [0.717, 1.165) is 36.7 Å². The molecule has 2 aromatic heterocycles. The molecule has 8 heteroatoms. The van der Waals surface area contributed by atoms with Gasteiger partial charge in [0.1, 0.15) is 5.52 Å². The van der Waals surface area contributed by atoms with E-state index in [1.54, 1.807) is 6.33 Å². The minimum atomic E-state index is 0.0854. The number of likely N-dealkylation sites (tertiary alicyclic amines) is 1. The quantitative estimate of drug-likeness (QED) is 0.643. The predicted molar refractivity (Wildman–Crippen MR) is 120 cm³/mol. The summed E-state index contributed by atoms with van der Waals surface area (Å²) in [6.45, 7) is 5.05. The second kappa shape index (κ2) is 7.60. The summed E-state index contributed by atoms with van der Waals surface area (Å²) < 4.78 is 1.93. The molecule has 2 fully saturated rings. The molecule has 31 heavy (non-hydrogen) atoms. The molecular weight excluding hydrogens is 390 g/mol. The van der Waals surface area contributed by atoms with Crippen molar-refractivity contribution in [3.63, 3.8) is 0 Å². The summed E-state index contributed by atoms with van der Waals surface area (Å²) in [6, 6.07) is 8.55. The molecule has 3 atom stereocenters. The number of hydrogen-bond donors (Lipinski definition) is 0. The van der Waals surface area contributed by atoms with Crippen molar-refractivity contribution in [1.29, 1.82) is 0 Å². The van der Waals surface area contributed by atoms with Crippen molar-refractivity contribution in [3.05, 3.63) is 47.9 Å². The van der Waals surface area contributed by atoms with Gasteiger partial charge in [0.2, 0.25) is 11.9 Å². The van der Waals surface area contributed by atoms with Crippen LogP contribution in [-0.4, -0.2) is 75.5 Å². The molecule has 0 aliphatic carbocycles. The van der Waals surface area contributed by atoms with Crippen LogP contribution in [0.5, 0.6) is 0 Å². The average Bonchev–Trinajstić information content (AvgIpc) is 3.40. The van der Waals surface area contributed by atoms with Crippen LogP contribution in [0.4, 0.5) is 5.95 Å². The molecule has 2 saturated heterocycles. The van der Waals surface area contributed by atoms with Gasteiger partial charge in [0.15, 0.2) is 5.65 Å². The molecule has 0 saturated carbocycles. The van der Waals surface area contributed by atoms with Crippen molar-refractivity contribution in [2.24, 2.45) is 18.9 Å². The number of carbonyl (C=O) groups is 1. The summed E-state index contributed by atoms with van der Waals surface area (Å²) in [5.74, 6) is 1.69. The van der Waals surface area contributed by atoms with E-state index in [-0.39, 0.29) is 11.9 Å². The number of anilines is 1. The first kappa shape index (κ1) is 19.9. The standard InChI is InChI=1S/C23H29N7O/c1-15-7-5-6-8-17(15)21-18-12-29(10-16(18)11-30(21)20(31)13-27(2)3)23-24-9-19-22(26-23)25-14-28(19)4/h5-9,14,16,18,21H,10-13H2,1-4H3/t16-,18-,21+/m1/s1. The van der Waals surface area contributed by atoms with Gasteiger partial charge in [-0.1, -0.05) is 24.3 Å². The number of imidazole rings is 1. The molecule has 0 radical (unpaired) electrons. The zero-order valence-electron chi connectivity index (χ0n) is 18.6. The number of aromatic nitrogens is 4. The highest BCUT2D eigenvalue weighted by molar-refractivity contribution is 5.79. The zero-order chi connectivity index (χ0) is 21.7. The largest absolute Gasteiger partial charge is 0.340 e. The molecule has 1 amide bonds. The Balaban J connectivity index is 1.45. The fourth-order valence-electron chi connectivity index (χ4n) is 5.20. The molecule has 5 rings (SSSR count). The molecule has 2 aliphatic rings. The van der Waals surface area contributed by atoms with E-state index in [4.69, 9.17) is 4.98 Å². The number of likely N-dealkylation sites (N-methyl/N-ethyl adjacent to an activating group) is 1. The fourth-order valence-corrected chi connectivity index (χ4v) is 5.20. The van der Waals surface area contributed by atoms with Gasteiger partial charge in [-0.15, -0.1) is 0 Å². The van der Waals surface area contributed by atoms with Gasteiger partial charge in [0, 0.05) is 38.5 Å². The maximum atomic E-state index is 13.1. The van der Waals surface area contributed by atoms with Crippen LogP contribution in [0.15, 0.2) is 36.8 Å². The molecule has 0 N–H and O–H groups in total. The van der Waals surface area contributed by atoms with E-state index in [0.29, 0.717) is 18.4 Å². The Labute approximate surface area is 182 Å². The number of aryl methyl sites for hydroxylation is 2. The molecule has 2 aliphatic heterocycles. The highest BCUT2D eigenvalue weighted by atomic mass is 16.2. The number of amides is 1. The second-order valence-electron chi connectivity index (χ2n) is 9.15. The lowest BCUT2D eigenvalue weighted by Gasteiger charge is -2.31. The highest BCUT2D eigenvalue weighted by Gasteiger charge is 2.49. The summed E-state index contributed by atoms with van der Waals surface area (Å²) in [5.41, 5.74) is 4.15. The molecule has 4 heterocycles. The van der Waals surface area contributed by atoms with Crippen molar-refractivity contribution in [2.75, 3.05) is 45.2 Å². The van der Waals surface area contributed by atoms with Gasteiger partial charge in [0.05, 0.1) is 25.1 Å². The first-order chi connectivity index (χ1) is 14.9. The summed E-state index contributed by atoms with van der Waals surface area (Å²) >= 11 is 0. The SMILES string of the molecule is Cc1ccccc1[C@H]1[C@@H]2CN(c3ncc4c(ncn4C)n3)C[C@@H]2CN1C(=O)CN(C)C. The highest BCUT2D eigenvalue weighted by Crippen LogP contribution is 2.46. The van der Waals surface area contributed by atoms with Gasteiger partial charge < -0.3 is 19.3 Å². The lowest BCUT2D eigenvalue weighted by Crippen LogP contribution is -2.40. The minimum Gasteiger partial charge on any atom is -0.340 e. The summed E-state index contributed by atoms with van der Waals surface area (Å²) in [6.07, 6.45) is 3.62. The van der Waals surface area contributed by atoms with E-state index < -0.39 is 0 Å². The number of fused-ring (bicyclic) bond motifs is 2. The summed E-state index contributed by atoms with van der Waals surface area (Å²) in [7, 11) is 5.85. The maximum absolute atomic E-state index is 13.1. The lowest BCUT2D eigenvalue weighted by atomic mass is 9.87. The third kappa shape index (κ3) is 3.44. The van der Waals surface area contributed by atoms with Crippen molar-refractivity contribution in [3.8, 4) is 0 Å². The average molecular weight is 420 g/mol. The van der Waals surface area contributed by atoms with Crippen molar-refractivity contribution in [1.82, 2.24) is 29.3 Å². The van der Waals surface area contributed by atoms with E-state index in [1.807, 2.05) is 36.8 Å². The Morgan fingerprint density at radius 2 is 1.97 bits per heavy atom. The maximum Gasteiger partial charge on any atom is 0.237 e. The van der Waals surface area contributed by atoms with Crippen LogP contribution in [-0.2, 0) is 11.8 Å². The van der Waals surface area contributed by atoms with Crippen LogP contribution < -0.4 is 4.90 Å². The van der Waals surface area contributed by atoms with Crippen molar-refractivity contribution < 1.29 is 4.79 Å². The fraction of sp³-hybridized carbons (Fsp3) is 0.478. The van der Waals surface area contributed by atoms with E-state index in [2.05, 4.69) is 51.0 Å². The molecule has 0 spiro atoms. The summed E-state index contributed by atoms with van der Waals surface area (Å²) in [4.78, 5) is 33.2. The van der Waals surface area contributed by atoms with Crippen LogP contribution >= 0.6 is 0 Å². The Bertz CT molecular complexity index is 1120. The van der Waals surface area contributed by atoms with Crippen LogP contribution in [0.3, 0.4) is 0 Å². The number of nitrogens with zero attached hydrogens (tertiary/aromatic N) is 7. The monoisotopic (exact) mass is 419 g/mol. The summed E-state index contributed by atoms with van der Waals surface area (Å²) in [5, 5.41) is 0. The van der Waals surface area contributed by atoms with E-state index in [1.165, 1.54) is 11.1 Å². The normalized spacial score (nSPS) is 23.2. The molecule has 162 valence electrons. The number of carbonyl (C=O) groups excluding carboxylic acids is 1. The van der Waals surface area contributed by atoms with Gasteiger partial charge in [-0.05, 0) is 32.1 Å². The Hall–Kier alpha value is -3.00. The van der Waals surface area contributed by atoms with Gasteiger partial charge in [-0.3, -0.25) is 4.79 Å². The van der Waals surface area contributed by atoms with Gasteiger partial charge >= 0.3 is 0 Å². The molecule has 0 bridgehead atoms. The van der Waals surface area contributed by atoms with Crippen LogP contribution in [0.2, 0.25) is 0 Å². The first-order valence-electron chi connectivity index (χ1n) is 10.8. The number of hydrogen-bond acceptors (Lipinski definition) is 6. The molecule has 8 nitrogen and oxygen atoms in total. The first-order valence-corrected chi connectivity index (χ1v) is 10.8. The third-order valence-electron chi connectivity index (χ3n) is 6.70. The smallest absolute Gasteiger partial charge is 0.237 e. The zero-order valence-corrected chi connectivity index (χ0v) is 18.6. The molecule has 0 unspecified atom stereocenters. The number of benzene rings is 1. The Morgan fingerprint density at radius 1 is 1.16 bits per heavy atom. The van der Waals surface area contributed by atoms with Crippen LogP contribution in [0.1, 0.15) is 17.2 Å². The Kier molecular flexibility index (Phi) is 4.89. The van der Waals surface area contributed by atoms with Crippen LogP contribution in [0.25, 0.3) is 11.2 Å². The van der Waals surface area contributed by atoms with Crippen molar-refractivity contribution >= 4 is 23.0 Å². The van der Waals surface area contributed by atoms with E-state index in [9.17, 15) is 4.79 Å². The molecule has 3 aromatic rings. The second-order valence-corrected chi connectivity index (χ2v) is 9.15. The Morgan fingerprint density at radius 3 is 2.74 bits per heavy atom. The third-order valence-corrected chi connectivity index (χ3v) is 6.70. The van der Waals surface area contributed by atoms with E-state index >= 15 is 0 Å².